The number of benzene rings is 1. The van der Waals surface area contributed by atoms with Crippen LogP contribution >= 0.6 is 0 Å². The Kier molecular flexibility index (Phi) is 2.39. The Morgan fingerprint density at radius 1 is 1.23 bits per heavy atom. The summed E-state index contributed by atoms with van der Waals surface area (Å²) in [7, 11) is 0. The van der Waals surface area contributed by atoms with Gasteiger partial charge in [0.15, 0.2) is 0 Å². The summed E-state index contributed by atoms with van der Waals surface area (Å²) in [5.74, 6) is 1.83. The van der Waals surface area contributed by atoms with Crippen molar-refractivity contribution in [3.63, 3.8) is 0 Å². The lowest BCUT2D eigenvalue weighted by Crippen LogP contribution is -2.23. The van der Waals surface area contributed by atoms with E-state index in [4.69, 9.17) is 0 Å². The van der Waals surface area contributed by atoms with Crippen molar-refractivity contribution in [3.05, 3.63) is 35.4 Å². The molecule has 1 fully saturated rings. The van der Waals surface area contributed by atoms with Crippen LogP contribution in [0.5, 0.6) is 0 Å². The number of aryl methyl sites for hydroxylation is 1. The first-order valence-electron chi connectivity index (χ1n) is 5.38. The molecule has 1 aliphatic rings. The van der Waals surface area contributed by atoms with Crippen molar-refractivity contribution < 1.29 is 0 Å². The van der Waals surface area contributed by atoms with Crippen molar-refractivity contribution in [2.24, 2.45) is 5.92 Å². The molecule has 0 bridgehead atoms. The first kappa shape index (κ1) is 8.80. The van der Waals surface area contributed by atoms with Crippen LogP contribution in [-0.4, -0.2) is 0 Å². The van der Waals surface area contributed by atoms with Gasteiger partial charge in [-0.05, 0) is 42.7 Å². The van der Waals surface area contributed by atoms with Gasteiger partial charge in [0.05, 0.1) is 0 Å². The second-order valence-corrected chi connectivity index (χ2v) is 4.21. The summed E-state index contributed by atoms with van der Waals surface area (Å²) >= 11 is 0. The average Bonchev–Trinajstić information content (AvgIpc) is 2.08. The van der Waals surface area contributed by atoms with Crippen LogP contribution in [-0.2, 0) is 0 Å². The molecule has 0 heterocycles. The highest BCUT2D eigenvalue weighted by molar-refractivity contribution is 5.31. The van der Waals surface area contributed by atoms with Crippen LogP contribution in [0.25, 0.3) is 0 Å². The Labute approximate surface area is 81.0 Å². The second-order valence-electron chi connectivity index (χ2n) is 4.21. The molecule has 2 unspecified atom stereocenters. The maximum atomic E-state index is 2.31. The van der Waals surface area contributed by atoms with E-state index in [-0.39, 0.29) is 0 Å². The van der Waals surface area contributed by atoms with Gasteiger partial charge in [0.2, 0.25) is 0 Å². The zero-order chi connectivity index (χ0) is 9.26. The molecule has 1 aromatic rings. The number of hydrogen-bond donors (Lipinski definition) is 0. The van der Waals surface area contributed by atoms with Gasteiger partial charge in [0, 0.05) is 0 Å². The quantitative estimate of drug-likeness (QED) is 0.638. The summed E-state index contributed by atoms with van der Waals surface area (Å²) < 4.78 is 0. The molecular weight excluding hydrogens is 156 g/mol. The van der Waals surface area contributed by atoms with Gasteiger partial charge in [-0.2, -0.15) is 0 Å². The molecular formula is C13H18. The topological polar surface area (TPSA) is 0 Å². The molecule has 70 valence electrons. The van der Waals surface area contributed by atoms with Crippen LogP contribution in [0.1, 0.15) is 43.2 Å². The van der Waals surface area contributed by atoms with E-state index in [9.17, 15) is 0 Å². The van der Waals surface area contributed by atoms with Gasteiger partial charge in [-0.1, -0.05) is 37.6 Å². The van der Waals surface area contributed by atoms with Crippen LogP contribution in [0.3, 0.4) is 0 Å². The Morgan fingerprint density at radius 2 is 2.00 bits per heavy atom. The summed E-state index contributed by atoms with van der Waals surface area (Å²) in [4.78, 5) is 0. The van der Waals surface area contributed by atoms with E-state index >= 15 is 0 Å². The van der Waals surface area contributed by atoms with Gasteiger partial charge in [0.25, 0.3) is 0 Å². The minimum Gasteiger partial charge on any atom is -0.0651 e. The van der Waals surface area contributed by atoms with E-state index in [1.165, 1.54) is 24.8 Å². The van der Waals surface area contributed by atoms with E-state index in [2.05, 4.69) is 38.1 Å². The van der Waals surface area contributed by atoms with Gasteiger partial charge in [-0.25, -0.2) is 0 Å². The zero-order valence-corrected chi connectivity index (χ0v) is 8.59. The molecule has 1 aliphatic carbocycles. The largest absolute Gasteiger partial charge is 0.0651 e. The Balaban J connectivity index is 2.21. The Hall–Kier alpha value is -0.780. The van der Waals surface area contributed by atoms with E-state index in [0.717, 1.165) is 11.8 Å². The van der Waals surface area contributed by atoms with Crippen LogP contribution in [0, 0.1) is 12.8 Å². The van der Waals surface area contributed by atoms with Gasteiger partial charge in [-0.3, -0.25) is 0 Å². The number of hydrogen-bond acceptors (Lipinski definition) is 0. The highest BCUT2D eigenvalue weighted by Gasteiger charge is 2.30. The van der Waals surface area contributed by atoms with Crippen molar-refractivity contribution in [2.75, 3.05) is 0 Å². The third-order valence-corrected chi connectivity index (χ3v) is 3.53. The fraction of sp³-hybridized carbons (Fsp3) is 0.538. The minimum absolute atomic E-state index is 0.867. The standard InChI is InChI=1S/C13H18/c1-3-11-8-9-13(11)12-7-5-4-6-10(12)2/h4-7,11,13H,3,8-9H2,1-2H3. The molecule has 0 aromatic heterocycles. The lowest BCUT2D eigenvalue weighted by Gasteiger charge is -2.37. The molecule has 0 spiro atoms. The molecule has 2 atom stereocenters. The number of rotatable bonds is 2. The molecule has 0 amide bonds. The van der Waals surface area contributed by atoms with Crippen LogP contribution in [0.2, 0.25) is 0 Å². The molecule has 2 rings (SSSR count). The summed E-state index contributed by atoms with van der Waals surface area (Å²) in [6.45, 7) is 4.55. The third kappa shape index (κ3) is 1.50. The molecule has 0 aliphatic heterocycles. The van der Waals surface area contributed by atoms with Gasteiger partial charge >= 0.3 is 0 Å². The summed E-state index contributed by atoms with van der Waals surface area (Å²) in [5.41, 5.74) is 3.08. The van der Waals surface area contributed by atoms with E-state index in [0.29, 0.717) is 0 Å². The fourth-order valence-electron chi connectivity index (χ4n) is 2.47. The monoisotopic (exact) mass is 174 g/mol. The highest BCUT2D eigenvalue weighted by atomic mass is 14.4. The van der Waals surface area contributed by atoms with Gasteiger partial charge in [-0.15, -0.1) is 0 Å². The molecule has 0 radical (unpaired) electrons. The van der Waals surface area contributed by atoms with E-state index in [1.54, 1.807) is 5.56 Å². The molecule has 1 saturated carbocycles. The summed E-state index contributed by atoms with van der Waals surface area (Å²) in [6, 6.07) is 8.86. The highest BCUT2D eigenvalue weighted by Crippen LogP contribution is 2.45. The van der Waals surface area contributed by atoms with Crippen molar-refractivity contribution in [1.82, 2.24) is 0 Å². The maximum absolute atomic E-state index is 2.31. The maximum Gasteiger partial charge on any atom is -0.0131 e. The SMILES string of the molecule is CCC1CCC1c1ccccc1C. The fourth-order valence-corrected chi connectivity index (χ4v) is 2.47. The van der Waals surface area contributed by atoms with E-state index in [1.807, 2.05) is 0 Å². The first-order chi connectivity index (χ1) is 6.33. The third-order valence-electron chi connectivity index (χ3n) is 3.53. The molecule has 0 nitrogen and oxygen atoms in total. The van der Waals surface area contributed by atoms with Crippen molar-refractivity contribution in [1.29, 1.82) is 0 Å². The molecule has 13 heavy (non-hydrogen) atoms. The lowest BCUT2D eigenvalue weighted by atomic mass is 9.68. The van der Waals surface area contributed by atoms with Gasteiger partial charge in [0.1, 0.15) is 0 Å². The lowest BCUT2D eigenvalue weighted by molar-refractivity contribution is 0.246. The smallest absolute Gasteiger partial charge is 0.0131 e. The average molecular weight is 174 g/mol. The van der Waals surface area contributed by atoms with Crippen LogP contribution < -0.4 is 0 Å². The van der Waals surface area contributed by atoms with Crippen molar-refractivity contribution in [2.45, 2.75) is 39.0 Å². The first-order valence-corrected chi connectivity index (χ1v) is 5.38. The van der Waals surface area contributed by atoms with Crippen molar-refractivity contribution in [3.8, 4) is 0 Å². The van der Waals surface area contributed by atoms with Gasteiger partial charge < -0.3 is 0 Å². The zero-order valence-electron chi connectivity index (χ0n) is 8.59. The molecule has 0 N–H and O–H groups in total. The van der Waals surface area contributed by atoms with Crippen molar-refractivity contribution >= 4 is 0 Å². The summed E-state index contributed by atoms with van der Waals surface area (Å²) in [5, 5.41) is 0. The predicted molar refractivity (Wildman–Crippen MR) is 56.9 cm³/mol. The second kappa shape index (κ2) is 3.53. The minimum atomic E-state index is 0.867. The van der Waals surface area contributed by atoms with Crippen LogP contribution in [0.15, 0.2) is 24.3 Å². The Bertz CT molecular complexity index is 286. The Morgan fingerprint density at radius 3 is 2.54 bits per heavy atom. The molecule has 1 aromatic carbocycles. The predicted octanol–water partition coefficient (Wildman–Crippen LogP) is 3.90. The summed E-state index contributed by atoms with van der Waals surface area (Å²) in [6.07, 6.45) is 4.19. The molecule has 0 heteroatoms. The van der Waals surface area contributed by atoms with E-state index < -0.39 is 0 Å². The van der Waals surface area contributed by atoms with Crippen LogP contribution in [0.4, 0.5) is 0 Å². The molecule has 0 saturated heterocycles. The normalized spacial score (nSPS) is 26.9.